The van der Waals surface area contributed by atoms with Gasteiger partial charge in [-0.1, -0.05) is 0 Å². The van der Waals surface area contributed by atoms with E-state index < -0.39 is 49.0 Å². The van der Waals surface area contributed by atoms with Gasteiger partial charge in [-0.3, -0.25) is 0 Å². The molecule has 0 atom stereocenters. The summed E-state index contributed by atoms with van der Waals surface area (Å²) in [6, 6.07) is 35.1. The summed E-state index contributed by atoms with van der Waals surface area (Å²) in [5.41, 5.74) is -0.720. The molecule has 0 radical (unpaired) electrons. The van der Waals surface area contributed by atoms with Crippen molar-refractivity contribution in [3.63, 3.8) is 0 Å². The fourth-order valence-electron chi connectivity index (χ4n) is 7.86. The first-order chi connectivity index (χ1) is 25.7. The minimum absolute atomic E-state index is 0.104. The molecule has 0 aliphatic carbocycles. The van der Waals surface area contributed by atoms with Crippen LogP contribution in [0.5, 0.6) is 0 Å². The van der Waals surface area contributed by atoms with Crippen molar-refractivity contribution in [3.8, 4) is 0 Å². The number of amides is 1. The van der Waals surface area contributed by atoms with E-state index in [4.69, 9.17) is 23.7 Å². The Hall–Kier alpha value is -5.89. The number of hydrogen-bond acceptors (Lipinski definition) is 10. The van der Waals surface area contributed by atoms with Gasteiger partial charge in [0.05, 0.1) is 0 Å². The molecule has 11 nitrogen and oxygen atoms in total. The number of aliphatic imine (C=N–C) groups is 1. The molecule has 2 heterocycles. The topological polar surface area (TPSA) is 144 Å². The minimum atomic E-state index is -5.49. The first-order valence-corrected chi connectivity index (χ1v) is 20.2. The standard InChI is InChI=1S/C40H35NO10P2/c1-47-35(42)30-31(41-40(46)51-5)39-52(26-18-10-6-11-19-26,27-20-12-7-13-21-27)32(36(43)48-2)34(38(45)50-4)53(39,33(30)37(44)49-3,28-22-14-8-15-23-28)29-24-16-9-17-25-29/h6-25H,1-5H3/b41-31+. The molecule has 4 aromatic rings. The fourth-order valence-corrected chi connectivity index (χ4v) is 24.3. The zero-order valence-corrected chi connectivity index (χ0v) is 31.3. The van der Waals surface area contributed by atoms with Crippen molar-refractivity contribution in [1.82, 2.24) is 0 Å². The van der Waals surface area contributed by atoms with Crippen molar-refractivity contribution < 1.29 is 47.7 Å². The summed E-state index contributed by atoms with van der Waals surface area (Å²) >= 11 is 0. The zero-order chi connectivity index (χ0) is 38.0. The van der Waals surface area contributed by atoms with E-state index in [2.05, 4.69) is 4.99 Å². The Morgan fingerprint density at radius 2 is 0.887 bits per heavy atom. The average molecular weight is 752 g/mol. The van der Waals surface area contributed by atoms with Crippen LogP contribution in [0.3, 0.4) is 0 Å². The molecule has 0 aromatic heterocycles. The van der Waals surface area contributed by atoms with E-state index in [0.717, 1.165) is 21.3 Å². The van der Waals surface area contributed by atoms with Gasteiger partial charge in [-0.2, -0.15) is 0 Å². The van der Waals surface area contributed by atoms with Crippen molar-refractivity contribution in [3.05, 3.63) is 143 Å². The van der Waals surface area contributed by atoms with Crippen molar-refractivity contribution in [1.29, 1.82) is 0 Å². The van der Waals surface area contributed by atoms with Crippen LogP contribution in [0.15, 0.2) is 148 Å². The van der Waals surface area contributed by atoms with Crippen LogP contribution in [0.4, 0.5) is 4.79 Å². The number of nitrogens with zero attached hydrogens (tertiary/aromatic N) is 1. The Morgan fingerprint density at radius 3 is 1.28 bits per heavy atom. The van der Waals surface area contributed by atoms with Crippen LogP contribution in [0.25, 0.3) is 0 Å². The third-order valence-electron chi connectivity index (χ3n) is 9.62. The Kier molecular flexibility index (Phi) is 9.93. The Labute approximate surface area is 305 Å². The molecule has 0 unspecified atom stereocenters. The van der Waals surface area contributed by atoms with Gasteiger partial charge in [0.15, 0.2) is 0 Å². The average Bonchev–Trinajstić information content (AvgIpc) is 3.64. The monoisotopic (exact) mass is 751 g/mol. The summed E-state index contributed by atoms with van der Waals surface area (Å²) < 4.78 is 27.3. The van der Waals surface area contributed by atoms with Crippen LogP contribution in [0.1, 0.15) is 0 Å². The Morgan fingerprint density at radius 1 is 0.491 bits per heavy atom. The molecule has 0 spiro atoms. The van der Waals surface area contributed by atoms with Crippen LogP contribution in [-0.2, 0) is 42.9 Å². The molecule has 0 bridgehead atoms. The number of esters is 4. The predicted octanol–water partition coefficient (Wildman–Crippen LogP) is 4.38. The molecule has 1 amide bonds. The van der Waals surface area contributed by atoms with Gasteiger partial charge in [-0.15, -0.1) is 0 Å². The number of carbonyl (C=O) groups is 5. The summed E-state index contributed by atoms with van der Waals surface area (Å²) in [5, 5.41) is 1.30. The van der Waals surface area contributed by atoms with E-state index >= 15 is 9.59 Å². The second kappa shape index (κ2) is 14.3. The molecular formula is C40H35NO10P2. The molecule has 0 saturated heterocycles. The van der Waals surface area contributed by atoms with E-state index in [0.29, 0.717) is 21.2 Å². The van der Waals surface area contributed by atoms with Gasteiger partial charge in [0.25, 0.3) is 0 Å². The third kappa shape index (κ3) is 4.84. The molecule has 53 heavy (non-hydrogen) atoms. The molecule has 13 heteroatoms. The van der Waals surface area contributed by atoms with Crippen LogP contribution >= 0.6 is 13.5 Å². The van der Waals surface area contributed by atoms with Crippen molar-refractivity contribution in [2.75, 3.05) is 35.5 Å². The predicted molar refractivity (Wildman–Crippen MR) is 205 cm³/mol. The van der Waals surface area contributed by atoms with Gasteiger partial charge >= 0.3 is 306 Å². The quantitative estimate of drug-likeness (QED) is 0.145. The third-order valence-corrected chi connectivity index (χ3v) is 22.3. The molecule has 0 N–H and O–H groups in total. The Bertz CT molecular complexity index is 2230. The molecule has 4 aromatic carbocycles. The summed E-state index contributed by atoms with van der Waals surface area (Å²) in [7, 11) is 5.74. The van der Waals surface area contributed by atoms with Gasteiger partial charge < -0.3 is 0 Å². The van der Waals surface area contributed by atoms with Crippen molar-refractivity contribution in [2.45, 2.75) is 0 Å². The van der Waals surface area contributed by atoms with Crippen LogP contribution < -0.4 is 21.2 Å². The van der Waals surface area contributed by atoms with E-state index in [-0.39, 0.29) is 26.7 Å². The number of ether oxygens (including phenoxy) is 5. The number of benzene rings is 4. The van der Waals surface area contributed by atoms with Gasteiger partial charge in [-0.05, 0) is 0 Å². The molecule has 2 aliphatic rings. The van der Waals surface area contributed by atoms with Crippen molar-refractivity contribution in [2.24, 2.45) is 4.99 Å². The number of hydrogen-bond donors (Lipinski definition) is 0. The molecule has 0 saturated carbocycles. The molecular weight excluding hydrogens is 716 g/mol. The maximum atomic E-state index is 15.2. The van der Waals surface area contributed by atoms with E-state index in [9.17, 15) is 14.4 Å². The molecule has 6 rings (SSSR count). The second-order valence-corrected chi connectivity index (χ2v) is 20.0. The van der Waals surface area contributed by atoms with Gasteiger partial charge in [0, 0.05) is 0 Å². The first-order valence-electron chi connectivity index (χ1n) is 16.2. The fraction of sp³-hybridized carbons (Fsp3) is 0.125. The number of carbonyl (C=O) groups excluding carboxylic acids is 5. The van der Waals surface area contributed by atoms with E-state index in [1.54, 1.807) is 121 Å². The molecule has 270 valence electrons. The summed E-state index contributed by atoms with van der Waals surface area (Å²) in [5.74, 6) is -3.96. The first kappa shape index (κ1) is 36.9. The van der Waals surface area contributed by atoms with Crippen LogP contribution in [0.2, 0.25) is 0 Å². The number of fused-ring (bicyclic) bond motifs is 1. The van der Waals surface area contributed by atoms with Crippen LogP contribution in [-0.4, -0.2) is 76.3 Å². The normalized spacial score (nSPS) is 17.9. The second-order valence-electron chi connectivity index (χ2n) is 11.8. The van der Waals surface area contributed by atoms with Gasteiger partial charge in [0.2, 0.25) is 0 Å². The SMILES string of the molecule is COC(=O)/N=C1\C(C(=O)OC)=C(C(=O)OC)P2(c3ccccc3)(c3ccccc3)C(C(=O)OC)=C(C(=O)OC)P(c3ccccc3)(c3ccccc3)=C12. The molecule has 0 fully saturated rings. The van der Waals surface area contributed by atoms with Crippen molar-refractivity contribution >= 4 is 75.4 Å². The summed E-state index contributed by atoms with van der Waals surface area (Å²) in [4.78, 5) is 77.7. The maximum absolute atomic E-state index is 15.2. The van der Waals surface area contributed by atoms with E-state index in [1.807, 2.05) is 0 Å². The number of rotatable bonds is 8. The van der Waals surface area contributed by atoms with Gasteiger partial charge in [-0.25, -0.2) is 0 Å². The van der Waals surface area contributed by atoms with E-state index in [1.165, 1.54) is 14.2 Å². The summed E-state index contributed by atoms with van der Waals surface area (Å²) in [6.07, 6.45) is -1.12. The van der Waals surface area contributed by atoms with Crippen LogP contribution in [0, 0.1) is 0 Å². The summed E-state index contributed by atoms with van der Waals surface area (Å²) in [6.45, 7) is -9.43. The molecule has 2 aliphatic heterocycles. The Balaban J connectivity index is 2.25. The van der Waals surface area contributed by atoms with Gasteiger partial charge in [0.1, 0.15) is 0 Å². The zero-order valence-electron chi connectivity index (χ0n) is 29.5. The number of methoxy groups -OCH3 is 5.